The standard InChI is InChI=1S/C13H24N6/c1-9-11(12(14)15)13(19(4)16-9)18(3)10-6-5-7-17(2)8-10/h10H,5-8H2,1-4H3,(H3,14,15). The van der Waals surface area contributed by atoms with Crippen LogP contribution in [0.3, 0.4) is 0 Å². The molecule has 1 unspecified atom stereocenters. The van der Waals surface area contributed by atoms with Crippen LogP contribution < -0.4 is 10.6 Å². The number of aromatic nitrogens is 2. The molecule has 2 heterocycles. The van der Waals surface area contributed by atoms with Crippen LogP contribution in [0.2, 0.25) is 0 Å². The first-order valence-electron chi connectivity index (χ1n) is 6.71. The first kappa shape index (κ1) is 13.9. The Kier molecular flexibility index (Phi) is 3.80. The number of likely N-dealkylation sites (N-methyl/N-ethyl adjacent to an activating group) is 2. The van der Waals surface area contributed by atoms with Crippen molar-refractivity contribution >= 4 is 11.7 Å². The number of aryl methyl sites for hydroxylation is 2. The summed E-state index contributed by atoms with van der Waals surface area (Å²) >= 11 is 0. The minimum atomic E-state index is 0.0941. The van der Waals surface area contributed by atoms with Crippen molar-refractivity contribution in [3.63, 3.8) is 0 Å². The van der Waals surface area contributed by atoms with E-state index >= 15 is 0 Å². The minimum Gasteiger partial charge on any atom is -0.384 e. The Balaban J connectivity index is 2.32. The molecular weight excluding hydrogens is 240 g/mol. The highest BCUT2D eigenvalue weighted by Gasteiger charge is 2.26. The normalized spacial score (nSPS) is 20.5. The van der Waals surface area contributed by atoms with Crippen LogP contribution in [0.25, 0.3) is 0 Å². The smallest absolute Gasteiger partial charge is 0.137 e. The number of hydrogen-bond acceptors (Lipinski definition) is 4. The maximum Gasteiger partial charge on any atom is 0.137 e. The van der Waals surface area contributed by atoms with E-state index in [0.29, 0.717) is 6.04 Å². The highest BCUT2D eigenvalue weighted by atomic mass is 15.4. The molecule has 0 spiro atoms. The molecule has 0 amide bonds. The zero-order valence-corrected chi connectivity index (χ0v) is 12.3. The average Bonchev–Trinajstić information content (AvgIpc) is 2.63. The van der Waals surface area contributed by atoms with Crippen LogP contribution in [0, 0.1) is 12.3 Å². The molecule has 0 saturated carbocycles. The molecule has 0 aromatic carbocycles. The van der Waals surface area contributed by atoms with Crippen molar-refractivity contribution in [2.75, 3.05) is 32.1 Å². The Hall–Kier alpha value is -1.56. The number of nitrogens with zero attached hydrogens (tertiary/aromatic N) is 4. The fourth-order valence-electron chi connectivity index (χ4n) is 2.99. The van der Waals surface area contributed by atoms with Crippen LogP contribution in [0.1, 0.15) is 24.1 Å². The summed E-state index contributed by atoms with van der Waals surface area (Å²) < 4.78 is 1.83. The van der Waals surface area contributed by atoms with E-state index in [-0.39, 0.29) is 5.84 Å². The Morgan fingerprint density at radius 2 is 2.16 bits per heavy atom. The predicted molar refractivity (Wildman–Crippen MR) is 77.9 cm³/mol. The van der Waals surface area contributed by atoms with Gasteiger partial charge in [0.15, 0.2) is 0 Å². The molecule has 1 aliphatic heterocycles. The lowest BCUT2D eigenvalue weighted by Gasteiger charge is -2.37. The third-order valence-electron chi connectivity index (χ3n) is 3.94. The summed E-state index contributed by atoms with van der Waals surface area (Å²) in [6.07, 6.45) is 2.38. The molecule has 0 radical (unpaired) electrons. The maximum atomic E-state index is 7.76. The highest BCUT2D eigenvalue weighted by molar-refractivity contribution is 6.00. The third-order valence-corrected chi connectivity index (χ3v) is 3.94. The minimum absolute atomic E-state index is 0.0941. The number of nitrogen functional groups attached to an aromatic ring is 1. The molecule has 1 atom stereocenters. The van der Waals surface area contributed by atoms with Crippen molar-refractivity contribution in [1.29, 1.82) is 5.41 Å². The quantitative estimate of drug-likeness (QED) is 0.617. The van der Waals surface area contributed by atoms with Gasteiger partial charge in [0.05, 0.1) is 11.3 Å². The van der Waals surface area contributed by atoms with E-state index < -0.39 is 0 Å². The van der Waals surface area contributed by atoms with E-state index in [1.54, 1.807) is 0 Å². The average molecular weight is 264 g/mol. The van der Waals surface area contributed by atoms with E-state index in [1.807, 2.05) is 18.7 Å². The van der Waals surface area contributed by atoms with Crippen molar-refractivity contribution < 1.29 is 0 Å². The zero-order chi connectivity index (χ0) is 14.2. The van der Waals surface area contributed by atoms with Crippen LogP contribution in [-0.2, 0) is 7.05 Å². The van der Waals surface area contributed by atoms with Gasteiger partial charge in [-0.2, -0.15) is 5.10 Å². The van der Waals surface area contributed by atoms with Gasteiger partial charge >= 0.3 is 0 Å². The van der Waals surface area contributed by atoms with Crippen LogP contribution in [0.4, 0.5) is 5.82 Å². The fourth-order valence-corrected chi connectivity index (χ4v) is 2.99. The highest BCUT2D eigenvalue weighted by Crippen LogP contribution is 2.26. The van der Waals surface area contributed by atoms with Gasteiger partial charge in [0, 0.05) is 26.7 Å². The second-order valence-electron chi connectivity index (χ2n) is 5.49. The molecule has 1 aliphatic rings. The monoisotopic (exact) mass is 264 g/mol. The molecule has 0 aliphatic carbocycles. The molecule has 2 rings (SSSR count). The molecule has 1 fully saturated rings. The first-order chi connectivity index (χ1) is 8.91. The van der Waals surface area contributed by atoms with E-state index in [9.17, 15) is 0 Å². The van der Waals surface area contributed by atoms with Gasteiger partial charge in [0.1, 0.15) is 11.7 Å². The fraction of sp³-hybridized carbons (Fsp3) is 0.692. The summed E-state index contributed by atoms with van der Waals surface area (Å²) in [7, 11) is 6.14. The van der Waals surface area contributed by atoms with Gasteiger partial charge in [-0.25, -0.2) is 0 Å². The van der Waals surface area contributed by atoms with E-state index in [4.69, 9.17) is 11.1 Å². The molecule has 6 nitrogen and oxygen atoms in total. The van der Waals surface area contributed by atoms with Crippen molar-refractivity contribution in [3.05, 3.63) is 11.3 Å². The Bertz CT molecular complexity index is 478. The van der Waals surface area contributed by atoms with Crippen LogP contribution >= 0.6 is 0 Å². The number of amidine groups is 1. The summed E-state index contributed by atoms with van der Waals surface area (Å²) in [6.45, 7) is 4.10. The number of piperidine rings is 1. The molecule has 1 aromatic rings. The summed E-state index contributed by atoms with van der Waals surface area (Å²) in [6, 6.07) is 0.451. The number of hydrogen-bond donors (Lipinski definition) is 2. The second-order valence-corrected chi connectivity index (χ2v) is 5.49. The molecule has 1 aromatic heterocycles. The number of nitrogens with two attached hydrogens (primary N) is 1. The SMILES string of the molecule is Cc1nn(C)c(N(C)C2CCCN(C)C2)c1C(=N)N. The number of nitrogens with one attached hydrogen (secondary N) is 1. The van der Waals surface area contributed by atoms with Crippen molar-refractivity contribution in [2.45, 2.75) is 25.8 Å². The molecule has 3 N–H and O–H groups in total. The molecule has 0 bridgehead atoms. The van der Waals surface area contributed by atoms with Gasteiger partial charge in [-0.3, -0.25) is 10.1 Å². The molecule has 19 heavy (non-hydrogen) atoms. The summed E-state index contributed by atoms with van der Waals surface area (Å²) in [4.78, 5) is 4.58. The first-order valence-corrected chi connectivity index (χ1v) is 6.71. The predicted octanol–water partition coefficient (Wildman–Crippen LogP) is 0.543. The largest absolute Gasteiger partial charge is 0.384 e. The molecule has 6 heteroatoms. The summed E-state index contributed by atoms with van der Waals surface area (Å²) in [5.74, 6) is 1.04. The van der Waals surface area contributed by atoms with Gasteiger partial charge < -0.3 is 15.5 Å². The molecule has 106 valence electrons. The topological polar surface area (TPSA) is 74.2 Å². The van der Waals surface area contributed by atoms with Gasteiger partial charge in [0.2, 0.25) is 0 Å². The van der Waals surface area contributed by atoms with Gasteiger partial charge in [0.25, 0.3) is 0 Å². The van der Waals surface area contributed by atoms with Crippen LogP contribution in [0.5, 0.6) is 0 Å². The van der Waals surface area contributed by atoms with Crippen molar-refractivity contribution in [2.24, 2.45) is 12.8 Å². The van der Waals surface area contributed by atoms with E-state index in [0.717, 1.165) is 30.2 Å². The van der Waals surface area contributed by atoms with Crippen molar-refractivity contribution in [1.82, 2.24) is 14.7 Å². The summed E-state index contributed by atoms with van der Waals surface area (Å²) in [5, 5.41) is 12.2. The Labute approximate surface area is 114 Å². The van der Waals surface area contributed by atoms with Gasteiger partial charge in [-0.1, -0.05) is 0 Å². The number of anilines is 1. The molecular formula is C13H24N6. The maximum absolute atomic E-state index is 7.76. The lowest BCUT2D eigenvalue weighted by atomic mass is 10.0. The van der Waals surface area contributed by atoms with Gasteiger partial charge in [-0.05, 0) is 33.4 Å². The number of likely N-dealkylation sites (tertiary alicyclic amines) is 1. The van der Waals surface area contributed by atoms with E-state index in [1.165, 1.54) is 12.8 Å². The Morgan fingerprint density at radius 1 is 1.47 bits per heavy atom. The van der Waals surface area contributed by atoms with Gasteiger partial charge in [-0.15, -0.1) is 0 Å². The molecule has 1 saturated heterocycles. The van der Waals surface area contributed by atoms with Crippen LogP contribution in [-0.4, -0.2) is 53.7 Å². The lowest BCUT2D eigenvalue weighted by molar-refractivity contribution is 0.247. The Morgan fingerprint density at radius 3 is 2.74 bits per heavy atom. The second kappa shape index (κ2) is 5.21. The van der Waals surface area contributed by atoms with Crippen LogP contribution in [0.15, 0.2) is 0 Å². The lowest BCUT2D eigenvalue weighted by Crippen LogP contribution is -2.46. The third kappa shape index (κ3) is 2.58. The van der Waals surface area contributed by atoms with Crippen molar-refractivity contribution in [3.8, 4) is 0 Å². The number of rotatable bonds is 3. The zero-order valence-electron chi connectivity index (χ0n) is 12.3. The van der Waals surface area contributed by atoms with E-state index in [2.05, 4.69) is 29.0 Å². The summed E-state index contributed by atoms with van der Waals surface area (Å²) in [5.41, 5.74) is 7.30.